The molecule has 2 aromatic rings. The van der Waals surface area contributed by atoms with Crippen molar-refractivity contribution in [3.05, 3.63) is 76.8 Å². The summed E-state index contributed by atoms with van der Waals surface area (Å²) in [5.41, 5.74) is 2.22. The van der Waals surface area contributed by atoms with Crippen LogP contribution in [0.1, 0.15) is 30.9 Å². The van der Waals surface area contributed by atoms with Crippen LogP contribution >= 0.6 is 11.8 Å². The quantitative estimate of drug-likeness (QED) is 0.701. The van der Waals surface area contributed by atoms with Gasteiger partial charge in [-0.25, -0.2) is 8.42 Å². The molecule has 0 bridgehead atoms. The van der Waals surface area contributed by atoms with Crippen molar-refractivity contribution in [2.75, 3.05) is 5.75 Å². The van der Waals surface area contributed by atoms with Gasteiger partial charge in [-0.2, -0.15) is 0 Å². The molecular formula is C21H25NO2S2. The molecule has 1 atom stereocenters. The molecule has 1 heterocycles. The normalized spacial score (nSPS) is 19.2. The lowest BCUT2D eigenvalue weighted by molar-refractivity contribution is 0.427. The minimum Gasteiger partial charge on any atom is -0.257 e. The van der Waals surface area contributed by atoms with Gasteiger partial charge >= 0.3 is 0 Å². The molecule has 26 heavy (non-hydrogen) atoms. The van der Waals surface area contributed by atoms with Gasteiger partial charge in [-0.15, -0.1) is 11.8 Å². The van der Waals surface area contributed by atoms with E-state index in [2.05, 4.69) is 25.1 Å². The molecule has 0 aromatic heterocycles. The largest absolute Gasteiger partial charge is 0.264 e. The second-order valence-electron chi connectivity index (χ2n) is 6.60. The Kier molecular flexibility index (Phi) is 6.09. The number of hydrogen-bond donors (Lipinski definition) is 0. The molecule has 3 rings (SSSR count). The van der Waals surface area contributed by atoms with E-state index in [1.54, 1.807) is 28.2 Å². The van der Waals surface area contributed by atoms with Crippen molar-refractivity contribution in [2.24, 2.45) is 0 Å². The summed E-state index contributed by atoms with van der Waals surface area (Å²) in [4.78, 5) is 0.367. The third-order valence-corrected chi connectivity index (χ3v) is 7.68. The fourth-order valence-electron chi connectivity index (χ4n) is 3.08. The second kappa shape index (κ2) is 8.31. The molecular weight excluding hydrogens is 362 g/mol. The van der Waals surface area contributed by atoms with Gasteiger partial charge in [-0.3, -0.25) is 4.31 Å². The summed E-state index contributed by atoms with van der Waals surface area (Å²) < 4.78 is 28.4. The molecule has 1 aliphatic rings. The Hall–Kier alpha value is -1.72. The number of unbranched alkanes of at least 4 members (excludes halogenated alkanes) is 1. The first-order chi connectivity index (χ1) is 12.5. The number of benzene rings is 2. The predicted octanol–water partition coefficient (Wildman–Crippen LogP) is 4.99. The van der Waals surface area contributed by atoms with Crippen molar-refractivity contribution in [3.63, 3.8) is 0 Å². The Morgan fingerprint density at radius 1 is 1.12 bits per heavy atom. The lowest BCUT2D eigenvalue weighted by atomic mass is 10.1. The minimum atomic E-state index is -3.56. The van der Waals surface area contributed by atoms with Gasteiger partial charge in [0.25, 0.3) is 10.0 Å². The van der Waals surface area contributed by atoms with E-state index in [4.69, 9.17) is 0 Å². The predicted molar refractivity (Wildman–Crippen MR) is 110 cm³/mol. The van der Waals surface area contributed by atoms with Crippen molar-refractivity contribution >= 4 is 21.8 Å². The topological polar surface area (TPSA) is 37.4 Å². The van der Waals surface area contributed by atoms with Crippen LogP contribution in [0.4, 0.5) is 0 Å². The number of aryl methyl sites for hydroxylation is 1. The van der Waals surface area contributed by atoms with Crippen LogP contribution in [-0.2, 0) is 16.4 Å². The van der Waals surface area contributed by atoms with Crippen LogP contribution in [0.15, 0.2) is 70.6 Å². The Balaban J connectivity index is 1.96. The van der Waals surface area contributed by atoms with E-state index in [-0.39, 0.29) is 6.04 Å². The van der Waals surface area contributed by atoms with Crippen molar-refractivity contribution in [2.45, 2.75) is 44.0 Å². The summed E-state index contributed by atoms with van der Waals surface area (Å²) in [5.74, 6) is 0.787. The van der Waals surface area contributed by atoms with Crippen LogP contribution in [0.3, 0.4) is 0 Å². The Morgan fingerprint density at radius 2 is 1.81 bits per heavy atom. The van der Waals surface area contributed by atoms with Gasteiger partial charge in [-0.05, 0) is 37.5 Å². The maximum atomic E-state index is 13.4. The summed E-state index contributed by atoms with van der Waals surface area (Å²) in [7, 11) is -3.56. The first kappa shape index (κ1) is 19.1. The fourth-order valence-corrected chi connectivity index (χ4v) is 6.33. The van der Waals surface area contributed by atoms with E-state index in [1.807, 2.05) is 37.3 Å². The van der Waals surface area contributed by atoms with E-state index >= 15 is 0 Å². The van der Waals surface area contributed by atoms with Gasteiger partial charge in [0, 0.05) is 5.75 Å². The highest BCUT2D eigenvalue weighted by Crippen LogP contribution is 2.39. The lowest BCUT2D eigenvalue weighted by Gasteiger charge is -2.26. The van der Waals surface area contributed by atoms with E-state index in [0.29, 0.717) is 4.90 Å². The lowest BCUT2D eigenvalue weighted by Crippen LogP contribution is -2.37. The number of hydrogen-bond acceptors (Lipinski definition) is 3. The van der Waals surface area contributed by atoms with Crippen molar-refractivity contribution in [1.82, 2.24) is 4.31 Å². The Morgan fingerprint density at radius 3 is 2.46 bits per heavy atom. The molecule has 1 saturated heterocycles. The molecule has 138 valence electrons. The third kappa shape index (κ3) is 4.15. The van der Waals surface area contributed by atoms with Crippen molar-refractivity contribution in [1.29, 1.82) is 0 Å². The highest BCUT2D eigenvalue weighted by Gasteiger charge is 2.38. The smallest absolute Gasteiger partial charge is 0.257 e. The van der Waals surface area contributed by atoms with E-state index in [1.165, 1.54) is 5.56 Å². The molecule has 5 heteroatoms. The zero-order chi connectivity index (χ0) is 18.6. The number of thioether (sulfide) groups is 1. The Bertz CT molecular complexity index is 859. The van der Waals surface area contributed by atoms with Crippen molar-refractivity contribution in [3.8, 4) is 0 Å². The first-order valence-corrected chi connectivity index (χ1v) is 11.4. The van der Waals surface area contributed by atoms with Crippen molar-refractivity contribution < 1.29 is 8.42 Å². The highest BCUT2D eigenvalue weighted by atomic mass is 32.2. The number of nitrogens with zero attached hydrogens (tertiary/aromatic N) is 1. The van der Waals surface area contributed by atoms with Gasteiger partial charge < -0.3 is 0 Å². The maximum Gasteiger partial charge on any atom is 0.264 e. The van der Waals surface area contributed by atoms with Crippen LogP contribution in [0, 0.1) is 6.92 Å². The minimum absolute atomic E-state index is 0.0585. The summed E-state index contributed by atoms with van der Waals surface area (Å²) in [6.45, 7) is 4.07. The van der Waals surface area contributed by atoms with Gasteiger partial charge in [0.15, 0.2) is 0 Å². The third-order valence-electron chi connectivity index (χ3n) is 4.47. The number of allylic oxidation sites excluding steroid dienone is 1. The highest BCUT2D eigenvalue weighted by molar-refractivity contribution is 8.04. The summed E-state index contributed by atoms with van der Waals surface area (Å²) in [5, 5.41) is 0.869. The molecule has 1 fully saturated rings. The van der Waals surface area contributed by atoms with Crippen LogP contribution in [-0.4, -0.2) is 24.5 Å². The van der Waals surface area contributed by atoms with Gasteiger partial charge in [0.05, 0.1) is 16.0 Å². The van der Waals surface area contributed by atoms with Gasteiger partial charge in [0.1, 0.15) is 0 Å². The van der Waals surface area contributed by atoms with E-state index < -0.39 is 10.0 Å². The zero-order valence-corrected chi connectivity index (χ0v) is 16.9. The number of sulfonamides is 1. The molecule has 0 N–H and O–H groups in total. The molecule has 1 unspecified atom stereocenters. The monoisotopic (exact) mass is 387 g/mol. The van der Waals surface area contributed by atoms with E-state index in [9.17, 15) is 8.42 Å². The molecule has 0 spiro atoms. The van der Waals surface area contributed by atoms with Crippen LogP contribution in [0.25, 0.3) is 0 Å². The molecule has 0 radical (unpaired) electrons. The maximum absolute atomic E-state index is 13.4. The van der Waals surface area contributed by atoms with Crippen LogP contribution < -0.4 is 0 Å². The van der Waals surface area contributed by atoms with Crippen LogP contribution in [0.5, 0.6) is 0 Å². The molecule has 3 nitrogen and oxygen atoms in total. The molecule has 0 amide bonds. The zero-order valence-electron chi connectivity index (χ0n) is 15.3. The molecule has 0 saturated carbocycles. The molecule has 2 aromatic carbocycles. The average molecular weight is 388 g/mol. The number of rotatable bonds is 6. The Labute approximate surface area is 161 Å². The fraction of sp³-hybridized carbons (Fsp3) is 0.333. The van der Waals surface area contributed by atoms with Gasteiger partial charge in [-0.1, -0.05) is 67.4 Å². The van der Waals surface area contributed by atoms with E-state index in [0.717, 1.165) is 35.6 Å². The summed E-state index contributed by atoms with van der Waals surface area (Å²) >= 11 is 1.65. The average Bonchev–Trinajstić information content (AvgIpc) is 3.04. The molecule has 1 aliphatic heterocycles. The first-order valence-electron chi connectivity index (χ1n) is 9.00. The van der Waals surface area contributed by atoms with Gasteiger partial charge in [0.2, 0.25) is 0 Å². The summed E-state index contributed by atoms with van der Waals surface area (Å²) in [6, 6.07) is 17.2. The van der Waals surface area contributed by atoms with Crippen LogP contribution in [0.2, 0.25) is 0 Å². The summed E-state index contributed by atoms with van der Waals surface area (Å²) in [6.07, 6.45) is 4.69. The molecule has 0 aliphatic carbocycles. The SMILES string of the molecule is CCCC=C1SCC(Cc2ccccc2)N1S(=O)(=O)c1ccc(C)cc1. The second-order valence-corrected chi connectivity index (χ2v) is 9.45. The standard InChI is InChI=1S/C21H25NO2S2/c1-3-4-10-21-22(26(23,24)20-13-11-17(2)12-14-20)19(16-25-21)15-18-8-6-5-7-9-18/h5-14,19H,3-4,15-16H2,1-2H3.